The third-order valence-corrected chi connectivity index (χ3v) is 6.56. The number of carbonyl (C=O) groups is 1. The molecule has 1 aromatic carbocycles. The molecule has 24 heavy (non-hydrogen) atoms. The molecular weight excluding hydrogens is 320 g/mol. The summed E-state index contributed by atoms with van der Waals surface area (Å²) in [4.78, 5) is 23.8. The minimum Gasteiger partial charge on any atom is -0.354 e. The summed E-state index contributed by atoms with van der Waals surface area (Å²) >= 11 is 1.15. The number of nitrogens with one attached hydrogen (secondary N) is 1. The average Bonchev–Trinajstić information content (AvgIpc) is 3.19. The fourth-order valence-electron chi connectivity index (χ4n) is 4.27. The lowest BCUT2D eigenvalue weighted by Crippen LogP contribution is -2.33. The van der Waals surface area contributed by atoms with Gasteiger partial charge in [-0.15, -0.1) is 0 Å². The highest BCUT2D eigenvalue weighted by atomic mass is 32.1. The first-order valence-corrected chi connectivity index (χ1v) is 9.48. The molecule has 1 heterocycles. The van der Waals surface area contributed by atoms with Crippen molar-refractivity contribution in [2.75, 3.05) is 6.54 Å². The fraction of sp³-hybridized carbons (Fsp3) is 0.474. The van der Waals surface area contributed by atoms with Crippen molar-refractivity contribution in [3.63, 3.8) is 0 Å². The molecule has 4 rings (SSSR count). The van der Waals surface area contributed by atoms with Crippen LogP contribution in [-0.2, 0) is 23.2 Å². The molecule has 2 aromatic rings. The zero-order valence-corrected chi connectivity index (χ0v) is 14.7. The molecule has 1 saturated carbocycles. The molecule has 1 aromatic heterocycles. The van der Waals surface area contributed by atoms with Crippen molar-refractivity contribution in [2.24, 2.45) is 5.92 Å². The number of hydrogen-bond acceptors (Lipinski definition) is 3. The molecule has 5 heteroatoms. The van der Waals surface area contributed by atoms with Gasteiger partial charge in [0.1, 0.15) is 6.54 Å². The number of rotatable bonds is 4. The molecule has 2 unspecified atom stereocenters. The van der Waals surface area contributed by atoms with Crippen molar-refractivity contribution in [1.29, 1.82) is 0 Å². The second-order valence-electron chi connectivity index (χ2n) is 7.10. The summed E-state index contributed by atoms with van der Waals surface area (Å²) in [6.07, 6.45) is 4.82. The third kappa shape index (κ3) is 2.61. The number of fused-ring (bicyclic) bond motifs is 2. The Labute approximate surface area is 145 Å². The van der Waals surface area contributed by atoms with Crippen molar-refractivity contribution in [3.8, 4) is 0 Å². The van der Waals surface area contributed by atoms with E-state index >= 15 is 0 Å². The van der Waals surface area contributed by atoms with Crippen LogP contribution < -0.4 is 10.2 Å². The van der Waals surface area contributed by atoms with Gasteiger partial charge in [0.15, 0.2) is 0 Å². The molecule has 1 spiro atoms. The normalized spacial score (nSPS) is 24.6. The van der Waals surface area contributed by atoms with Gasteiger partial charge in [0, 0.05) is 23.0 Å². The van der Waals surface area contributed by atoms with Crippen molar-refractivity contribution in [3.05, 3.63) is 56.1 Å². The van der Waals surface area contributed by atoms with E-state index in [-0.39, 0.29) is 22.7 Å². The molecule has 0 bridgehead atoms. The van der Waals surface area contributed by atoms with Crippen LogP contribution in [0.4, 0.5) is 0 Å². The molecule has 4 nitrogen and oxygen atoms in total. The van der Waals surface area contributed by atoms with Crippen LogP contribution in [0.25, 0.3) is 0 Å². The van der Waals surface area contributed by atoms with Crippen LogP contribution in [0.2, 0.25) is 0 Å². The minimum atomic E-state index is -0.0651. The number of amides is 1. The number of thiazole rings is 1. The quantitative estimate of drug-likeness (QED) is 0.929. The van der Waals surface area contributed by atoms with E-state index in [0.29, 0.717) is 12.5 Å². The maximum atomic E-state index is 12.2. The summed E-state index contributed by atoms with van der Waals surface area (Å²) in [5.41, 5.74) is 4.12. The molecule has 2 aliphatic rings. The highest BCUT2D eigenvalue weighted by Crippen LogP contribution is 2.59. The molecule has 1 fully saturated rings. The lowest BCUT2D eigenvalue weighted by atomic mass is 9.78. The van der Waals surface area contributed by atoms with Crippen molar-refractivity contribution in [2.45, 2.75) is 44.6 Å². The fourth-order valence-corrected chi connectivity index (χ4v) is 5.00. The lowest BCUT2D eigenvalue weighted by molar-refractivity contribution is -0.121. The van der Waals surface area contributed by atoms with E-state index in [0.717, 1.165) is 17.0 Å². The summed E-state index contributed by atoms with van der Waals surface area (Å²) in [6, 6.07) is 8.77. The van der Waals surface area contributed by atoms with Gasteiger partial charge in [-0.3, -0.25) is 14.2 Å². The number of hydrogen-bond donors (Lipinski definition) is 1. The van der Waals surface area contributed by atoms with Gasteiger partial charge in [-0.2, -0.15) is 0 Å². The smallest absolute Gasteiger partial charge is 0.307 e. The molecule has 0 saturated heterocycles. The Balaban J connectivity index is 1.39. The molecule has 1 N–H and O–H groups in total. The van der Waals surface area contributed by atoms with Gasteiger partial charge in [0.2, 0.25) is 5.91 Å². The summed E-state index contributed by atoms with van der Waals surface area (Å²) < 4.78 is 1.54. The molecule has 2 aliphatic carbocycles. The van der Waals surface area contributed by atoms with Crippen LogP contribution in [0, 0.1) is 12.8 Å². The highest BCUT2D eigenvalue weighted by Gasteiger charge is 2.56. The zero-order chi connectivity index (χ0) is 16.7. The second kappa shape index (κ2) is 5.88. The van der Waals surface area contributed by atoms with Crippen LogP contribution in [-0.4, -0.2) is 17.0 Å². The van der Waals surface area contributed by atoms with Crippen molar-refractivity contribution < 1.29 is 4.79 Å². The summed E-state index contributed by atoms with van der Waals surface area (Å²) in [6.45, 7) is 2.70. The Bertz CT molecular complexity index is 838. The first-order chi connectivity index (χ1) is 11.6. The molecule has 0 radical (unpaired) electrons. The van der Waals surface area contributed by atoms with E-state index in [4.69, 9.17) is 0 Å². The summed E-state index contributed by atoms with van der Waals surface area (Å²) in [7, 11) is 0. The Kier molecular flexibility index (Phi) is 3.83. The van der Waals surface area contributed by atoms with E-state index in [1.807, 2.05) is 6.92 Å². The largest absolute Gasteiger partial charge is 0.354 e. The van der Waals surface area contributed by atoms with Gasteiger partial charge in [-0.25, -0.2) is 0 Å². The highest BCUT2D eigenvalue weighted by molar-refractivity contribution is 7.07. The zero-order valence-electron chi connectivity index (χ0n) is 13.9. The van der Waals surface area contributed by atoms with Crippen molar-refractivity contribution in [1.82, 2.24) is 9.88 Å². The topological polar surface area (TPSA) is 51.1 Å². The molecule has 0 aliphatic heterocycles. The Morgan fingerprint density at radius 1 is 1.42 bits per heavy atom. The van der Waals surface area contributed by atoms with Crippen LogP contribution >= 0.6 is 11.3 Å². The SMILES string of the molecule is Cc1csc(=O)n1CC(=O)NCC1CC12CCCc1ccccc12. The average molecular weight is 342 g/mol. The summed E-state index contributed by atoms with van der Waals surface area (Å²) in [5.74, 6) is 0.466. The van der Waals surface area contributed by atoms with Crippen molar-refractivity contribution >= 4 is 17.2 Å². The van der Waals surface area contributed by atoms with E-state index in [1.165, 1.54) is 36.8 Å². The predicted octanol–water partition coefficient (Wildman–Crippen LogP) is 2.63. The Hall–Kier alpha value is -1.88. The maximum Gasteiger partial charge on any atom is 0.307 e. The first kappa shape index (κ1) is 15.6. The third-order valence-electron chi connectivity index (χ3n) is 5.68. The van der Waals surface area contributed by atoms with Gasteiger partial charge < -0.3 is 5.32 Å². The van der Waals surface area contributed by atoms with Crippen LogP contribution in [0.15, 0.2) is 34.4 Å². The van der Waals surface area contributed by atoms with E-state index in [2.05, 4.69) is 29.6 Å². The predicted molar refractivity (Wildman–Crippen MR) is 95.5 cm³/mol. The van der Waals surface area contributed by atoms with Gasteiger partial charge >= 0.3 is 4.87 Å². The lowest BCUT2D eigenvalue weighted by Gasteiger charge is -2.26. The molecule has 1 amide bonds. The van der Waals surface area contributed by atoms with Crippen LogP contribution in [0.1, 0.15) is 36.1 Å². The van der Waals surface area contributed by atoms with Gasteiger partial charge in [0.25, 0.3) is 0 Å². The standard InChI is InChI=1S/C19H22N2O2S/c1-13-12-24-18(23)21(13)11-17(22)20-10-15-9-19(15)8-4-6-14-5-2-3-7-16(14)19/h2-3,5,7,12,15H,4,6,8-11H2,1H3,(H,20,22). The van der Waals surface area contributed by atoms with E-state index in [1.54, 1.807) is 9.95 Å². The monoisotopic (exact) mass is 342 g/mol. The van der Waals surface area contributed by atoms with E-state index < -0.39 is 0 Å². The second-order valence-corrected chi connectivity index (χ2v) is 7.92. The Morgan fingerprint density at radius 2 is 2.25 bits per heavy atom. The molecule has 126 valence electrons. The number of nitrogens with zero attached hydrogens (tertiary/aromatic N) is 1. The number of aromatic nitrogens is 1. The van der Waals surface area contributed by atoms with E-state index in [9.17, 15) is 9.59 Å². The molecular formula is C19H22N2O2S. The summed E-state index contributed by atoms with van der Waals surface area (Å²) in [5, 5.41) is 4.84. The Morgan fingerprint density at radius 3 is 3.04 bits per heavy atom. The van der Waals surface area contributed by atoms with Crippen LogP contribution in [0.5, 0.6) is 0 Å². The number of carbonyl (C=O) groups excluding carboxylic acids is 1. The maximum absolute atomic E-state index is 12.2. The van der Waals surface area contributed by atoms with Crippen LogP contribution in [0.3, 0.4) is 0 Å². The first-order valence-electron chi connectivity index (χ1n) is 8.60. The van der Waals surface area contributed by atoms with Gasteiger partial charge in [-0.1, -0.05) is 35.6 Å². The molecule has 2 atom stereocenters. The van der Waals surface area contributed by atoms with Gasteiger partial charge in [-0.05, 0) is 49.7 Å². The number of benzene rings is 1. The number of aryl methyl sites for hydroxylation is 2. The minimum absolute atomic E-state index is 0.0632. The van der Waals surface area contributed by atoms with Gasteiger partial charge in [0.05, 0.1) is 0 Å².